The van der Waals surface area contributed by atoms with Gasteiger partial charge in [0.2, 0.25) is 0 Å². The molecular weight excluding hydrogens is 404 g/mol. The first-order valence-corrected chi connectivity index (χ1v) is 9.28. The van der Waals surface area contributed by atoms with Crippen LogP contribution in [0.4, 0.5) is 10.2 Å². The lowest BCUT2D eigenvalue weighted by molar-refractivity contribution is 0.187. The minimum Gasteiger partial charge on any atom is -0.374 e. The molecule has 0 radical (unpaired) electrons. The molecule has 1 aromatic carbocycles. The summed E-state index contributed by atoms with van der Waals surface area (Å²) in [5.74, 6) is -0.106. The molecule has 1 atom stereocenters. The fraction of sp³-hybridized carbons (Fsp3) is 0.316. The maximum absolute atomic E-state index is 13.6. The van der Waals surface area contributed by atoms with E-state index in [1.165, 1.54) is 28.9 Å². The highest BCUT2D eigenvalue weighted by molar-refractivity contribution is 6.36. The van der Waals surface area contributed by atoms with Crippen molar-refractivity contribution in [2.75, 3.05) is 0 Å². The van der Waals surface area contributed by atoms with Crippen LogP contribution in [0.1, 0.15) is 39.5 Å². The number of aliphatic hydroxyl groups is 1. The molecule has 0 aliphatic heterocycles. The van der Waals surface area contributed by atoms with E-state index < -0.39 is 12.0 Å². The van der Waals surface area contributed by atoms with Gasteiger partial charge in [0.15, 0.2) is 11.5 Å². The largest absolute Gasteiger partial charge is 0.374 e. The van der Waals surface area contributed by atoms with Crippen LogP contribution in [0.15, 0.2) is 29.4 Å². The van der Waals surface area contributed by atoms with Gasteiger partial charge in [0.25, 0.3) is 0 Å². The number of aliphatic hydroxyl groups excluding tert-OH is 1. The third-order valence-electron chi connectivity index (χ3n) is 4.48. The third kappa shape index (κ3) is 3.75. The van der Waals surface area contributed by atoms with E-state index in [1.807, 2.05) is 27.7 Å². The van der Waals surface area contributed by atoms with Gasteiger partial charge in [-0.1, -0.05) is 44.0 Å². The van der Waals surface area contributed by atoms with Crippen molar-refractivity contribution in [1.82, 2.24) is 14.6 Å². The summed E-state index contributed by atoms with van der Waals surface area (Å²) in [6.07, 6.45) is 0.132. The number of aromatic nitrogens is 3. The molecule has 3 rings (SSSR count). The number of hydrogen-bond acceptors (Lipinski definition) is 5. The third-order valence-corrected chi connectivity index (χ3v) is 5.07. The molecule has 6 nitrogen and oxygen atoms in total. The van der Waals surface area contributed by atoms with E-state index >= 15 is 0 Å². The Morgan fingerprint density at radius 2 is 2.00 bits per heavy atom. The van der Waals surface area contributed by atoms with Crippen LogP contribution in [-0.4, -0.2) is 25.4 Å². The van der Waals surface area contributed by atoms with E-state index in [9.17, 15) is 9.50 Å². The number of benzene rings is 1. The lowest BCUT2D eigenvalue weighted by Gasteiger charge is -2.19. The Morgan fingerprint density at radius 1 is 1.32 bits per heavy atom. The summed E-state index contributed by atoms with van der Waals surface area (Å²) >= 11 is 12.8. The Bertz CT molecular complexity index is 1090. The molecule has 2 aromatic heterocycles. The molecule has 0 fully saturated rings. The smallest absolute Gasteiger partial charge is 0.166 e. The van der Waals surface area contributed by atoms with Crippen molar-refractivity contribution in [3.63, 3.8) is 0 Å². The highest BCUT2D eigenvalue weighted by atomic mass is 35.5. The fourth-order valence-corrected chi connectivity index (χ4v) is 3.06. The van der Waals surface area contributed by atoms with Crippen molar-refractivity contribution < 1.29 is 9.50 Å². The minimum absolute atomic E-state index is 0.0869. The molecule has 0 saturated heterocycles. The van der Waals surface area contributed by atoms with Crippen LogP contribution < -0.4 is 5.73 Å². The van der Waals surface area contributed by atoms with E-state index in [0.29, 0.717) is 22.5 Å². The SMILES string of the molecule is C/C(=N\c1c(-c2ccc(F)cc2Cl)c(Cl)nc2c(C(N)O)cnn12)C(C)(C)C. The summed E-state index contributed by atoms with van der Waals surface area (Å²) in [5.41, 5.74) is 7.65. The standard InChI is InChI=1S/C19H20Cl2FN5O/c1-9(19(2,3)4)25-18-14(11-6-5-10(22)7-13(11)20)15(21)26-17-12(16(23)28)8-24-27(17)18/h5-8,16,28H,23H2,1-4H3/b25-9+. The quantitative estimate of drug-likeness (QED) is 0.355. The van der Waals surface area contributed by atoms with Gasteiger partial charge in [-0.2, -0.15) is 9.61 Å². The zero-order chi connectivity index (χ0) is 20.8. The van der Waals surface area contributed by atoms with Gasteiger partial charge in [0, 0.05) is 16.7 Å². The number of nitrogens with two attached hydrogens (primary N) is 1. The normalized spacial score (nSPS) is 14.0. The van der Waals surface area contributed by atoms with Crippen LogP contribution in [0, 0.1) is 11.2 Å². The maximum Gasteiger partial charge on any atom is 0.166 e. The Balaban J connectivity index is 2.43. The molecule has 148 valence electrons. The molecular formula is C19H20Cl2FN5O. The number of nitrogens with zero attached hydrogens (tertiary/aromatic N) is 4. The first-order chi connectivity index (χ1) is 13.0. The Labute approximate surface area is 171 Å². The first-order valence-electron chi connectivity index (χ1n) is 8.52. The lowest BCUT2D eigenvalue weighted by Crippen LogP contribution is -2.17. The molecule has 0 bridgehead atoms. The summed E-state index contributed by atoms with van der Waals surface area (Å²) in [5, 5.41) is 14.3. The molecule has 0 aliphatic rings. The van der Waals surface area contributed by atoms with Gasteiger partial charge < -0.3 is 10.8 Å². The second-order valence-electron chi connectivity index (χ2n) is 7.45. The molecule has 0 saturated carbocycles. The number of rotatable bonds is 3. The Kier molecular flexibility index (Phi) is 5.46. The van der Waals surface area contributed by atoms with Crippen molar-refractivity contribution >= 4 is 40.4 Å². The van der Waals surface area contributed by atoms with Crippen LogP contribution in [0.25, 0.3) is 16.8 Å². The minimum atomic E-state index is -1.28. The van der Waals surface area contributed by atoms with Gasteiger partial charge in [0.05, 0.1) is 22.3 Å². The molecule has 2 heterocycles. The van der Waals surface area contributed by atoms with Gasteiger partial charge in [-0.15, -0.1) is 0 Å². The Morgan fingerprint density at radius 3 is 2.57 bits per heavy atom. The number of aliphatic imine (C=N–C) groups is 1. The number of fused-ring (bicyclic) bond motifs is 1. The zero-order valence-electron chi connectivity index (χ0n) is 15.8. The Hall–Kier alpha value is -2.06. The first kappa shape index (κ1) is 20.7. The monoisotopic (exact) mass is 423 g/mol. The van der Waals surface area contributed by atoms with Gasteiger partial charge in [-0.05, 0) is 25.1 Å². The molecule has 28 heavy (non-hydrogen) atoms. The summed E-state index contributed by atoms with van der Waals surface area (Å²) < 4.78 is 15.0. The average molecular weight is 424 g/mol. The second kappa shape index (κ2) is 7.40. The molecule has 9 heteroatoms. The summed E-state index contributed by atoms with van der Waals surface area (Å²) in [6.45, 7) is 7.95. The average Bonchev–Trinajstić information content (AvgIpc) is 2.99. The van der Waals surface area contributed by atoms with E-state index in [4.69, 9.17) is 33.9 Å². The van der Waals surface area contributed by atoms with Crippen LogP contribution in [0.5, 0.6) is 0 Å². The van der Waals surface area contributed by atoms with Gasteiger partial charge in [-0.25, -0.2) is 14.4 Å². The molecule has 0 aliphatic carbocycles. The van der Waals surface area contributed by atoms with Crippen molar-refractivity contribution in [3.8, 4) is 11.1 Å². The highest BCUT2D eigenvalue weighted by Crippen LogP contribution is 2.41. The van der Waals surface area contributed by atoms with Crippen LogP contribution in [0.2, 0.25) is 10.2 Å². The van der Waals surface area contributed by atoms with Gasteiger partial charge in [-0.3, -0.25) is 0 Å². The van der Waals surface area contributed by atoms with Crippen molar-refractivity contribution in [3.05, 3.63) is 46.0 Å². The van der Waals surface area contributed by atoms with E-state index in [0.717, 1.165) is 5.71 Å². The van der Waals surface area contributed by atoms with E-state index in [2.05, 4.69) is 10.1 Å². The topological polar surface area (TPSA) is 88.8 Å². The summed E-state index contributed by atoms with van der Waals surface area (Å²) in [7, 11) is 0. The van der Waals surface area contributed by atoms with E-state index in [-0.39, 0.29) is 21.2 Å². The summed E-state index contributed by atoms with van der Waals surface area (Å²) in [4.78, 5) is 9.08. The zero-order valence-corrected chi connectivity index (χ0v) is 17.3. The predicted molar refractivity (Wildman–Crippen MR) is 110 cm³/mol. The van der Waals surface area contributed by atoms with Gasteiger partial charge in [0.1, 0.15) is 17.2 Å². The number of halogens is 3. The molecule has 0 spiro atoms. The highest BCUT2D eigenvalue weighted by Gasteiger charge is 2.24. The van der Waals surface area contributed by atoms with Crippen molar-refractivity contribution in [2.45, 2.75) is 33.9 Å². The van der Waals surface area contributed by atoms with Crippen LogP contribution in [0.3, 0.4) is 0 Å². The van der Waals surface area contributed by atoms with Crippen molar-refractivity contribution in [1.29, 1.82) is 0 Å². The predicted octanol–water partition coefficient (Wildman–Crippen LogP) is 4.93. The fourth-order valence-electron chi connectivity index (χ4n) is 2.53. The van der Waals surface area contributed by atoms with Crippen LogP contribution >= 0.6 is 23.2 Å². The molecule has 1 unspecified atom stereocenters. The summed E-state index contributed by atoms with van der Waals surface area (Å²) in [6, 6.07) is 3.99. The van der Waals surface area contributed by atoms with Crippen molar-refractivity contribution in [2.24, 2.45) is 16.1 Å². The molecule has 3 N–H and O–H groups in total. The van der Waals surface area contributed by atoms with Gasteiger partial charge >= 0.3 is 0 Å². The maximum atomic E-state index is 13.6. The van der Waals surface area contributed by atoms with E-state index in [1.54, 1.807) is 0 Å². The molecule has 3 aromatic rings. The lowest BCUT2D eigenvalue weighted by atomic mass is 9.91. The second-order valence-corrected chi connectivity index (χ2v) is 8.22. The van der Waals surface area contributed by atoms with Crippen LogP contribution in [-0.2, 0) is 0 Å². The molecule has 0 amide bonds. The number of hydrogen-bond donors (Lipinski definition) is 2.